The lowest BCUT2D eigenvalue weighted by Crippen LogP contribution is -1.98. The maximum Gasteiger partial charge on any atom is 0.269 e. The smallest absolute Gasteiger partial charge is 0.269 e. The van der Waals surface area contributed by atoms with Gasteiger partial charge in [0.15, 0.2) is 0 Å². The first-order chi connectivity index (χ1) is 14.0. The first-order valence-electron chi connectivity index (χ1n) is 8.50. The summed E-state index contributed by atoms with van der Waals surface area (Å²) < 4.78 is 20.6. The molecule has 0 aliphatic heterocycles. The molecule has 29 heavy (non-hydrogen) atoms. The average molecular weight is 500 g/mol. The minimum absolute atomic E-state index is 0.0302. The predicted octanol–water partition coefficient (Wildman–Crippen LogP) is 5.98. The highest BCUT2D eigenvalue weighted by molar-refractivity contribution is 14.1. The van der Waals surface area contributed by atoms with E-state index in [0.717, 1.165) is 14.7 Å². The lowest BCUT2D eigenvalue weighted by molar-refractivity contribution is -0.384. The number of nitriles is 1. The van der Waals surface area contributed by atoms with Crippen LogP contribution in [0.3, 0.4) is 0 Å². The highest BCUT2D eigenvalue weighted by Crippen LogP contribution is 2.26. The van der Waals surface area contributed by atoms with Gasteiger partial charge in [-0.15, -0.1) is 0 Å². The molecule has 0 aliphatic carbocycles. The second-order valence-corrected chi connectivity index (χ2v) is 7.21. The van der Waals surface area contributed by atoms with E-state index in [2.05, 4.69) is 22.6 Å². The van der Waals surface area contributed by atoms with Crippen molar-refractivity contribution in [2.45, 2.75) is 6.61 Å². The second kappa shape index (κ2) is 9.30. The number of benzene rings is 3. The van der Waals surface area contributed by atoms with Gasteiger partial charge in [-0.2, -0.15) is 5.26 Å². The molecule has 5 nitrogen and oxygen atoms in total. The molecule has 0 atom stereocenters. The van der Waals surface area contributed by atoms with Crippen LogP contribution < -0.4 is 4.74 Å². The molecule has 0 saturated carbocycles. The summed E-state index contributed by atoms with van der Waals surface area (Å²) in [7, 11) is 0. The molecule has 3 aromatic carbocycles. The van der Waals surface area contributed by atoms with Gasteiger partial charge in [-0.1, -0.05) is 24.3 Å². The number of non-ortho nitro benzene ring substituents is 1. The van der Waals surface area contributed by atoms with Crippen LogP contribution in [0.15, 0.2) is 66.7 Å². The maximum atomic E-state index is 14.0. The minimum atomic E-state index is -0.448. The summed E-state index contributed by atoms with van der Waals surface area (Å²) in [6.07, 6.45) is 1.63. The van der Waals surface area contributed by atoms with E-state index < -0.39 is 10.7 Å². The predicted molar refractivity (Wildman–Crippen MR) is 116 cm³/mol. The summed E-state index contributed by atoms with van der Waals surface area (Å²) in [6, 6.07) is 19.7. The largest absolute Gasteiger partial charge is 0.488 e. The molecule has 3 aromatic rings. The third kappa shape index (κ3) is 5.18. The molecule has 0 aromatic heterocycles. The molecule has 0 aliphatic rings. The number of nitro groups is 1. The van der Waals surface area contributed by atoms with E-state index >= 15 is 0 Å². The Morgan fingerprint density at radius 3 is 2.52 bits per heavy atom. The molecule has 0 unspecified atom stereocenters. The van der Waals surface area contributed by atoms with E-state index in [1.54, 1.807) is 48.5 Å². The summed E-state index contributed by atoms with van der Waals surface area (Å²) in [6.45, 7) is 0.266. The number of hydrogen-bond donors (Lipinski definition) is 0. The fraction of sp³-hybridized carbons (Fsp3) is 0.0455. The molecule has 144 valence electrons. The van der Waals surface area contributed by atoms with Gasteiger partial charge in [0.05, 0.1) is 20.1 Å². The van der Waals surface area contributed by atoms with Crippen LogP contribution in [0.2, 0.25) is 0 Å². The Hall–Kier alpha value is -3.25. The summed E-state index contributed by atoms with van der Waals surface area (Å²) in [5, 5.41) is 20.1. The van der Waals surface area contributed by atoms with E-state index in [1.807, 2.05) is 12.1 Å². The van der Waals surface area contributed by atoms with Crippen LogP contribution in [0.4, 0.5) is 10.1 Å². The highest BCUT2D eigenvalue weighted by Gasteiger charge is 2.09. The summed E-state index contributed by atoms with van der Waals surface area (Å²) in [5.41, 5.74) is 2.07. The molecule has 0 saturated heterocycles. The maximum absolute atomic E-state index is 14.0. The zero-order valence-corrected chi connectivity index (χ0v) is 17.2. The Balaban J connectivity index is 1.75. The van der Waals surface area contributed by atoms with Crippen LogP contribution in [0, 0.1) is 30.8 Å². The lowest BCUT2D eigenvalue weighted by atomic mass is 10.0. The molecular weight excluding hydrogens is 486 g/mol. The van der Waals surface area contributed by atoms with Gasteiger partial charge in [-0.25, -0.2) is 4.39 Å². The van der Waals surface area contributed by atoms with E-state index in [-0.39, 0.29) is 23.4 Å². The van der Waals surface area contributed by atoms with Gasteiger partial charge >= 0.3 is 0 Å². The van der Waals surface area contributed by atoms with Crippen LogP contribution in [-0.4, -0.2) is 4.92 Å². The van der Waals surface area contributed by atoms with Crippen LogP contribution in [0.25, 0.3) is 11.6 Å². The van der Waals surface area contributed by atoms with Crippen molar-refractivity contribution in [3.63, 3.8) is 0 Å². The summed E-state index contributed by atoms with van der Waals surface area (Å²) in [5.74, 6) is 0.198. The van der Waals surface area contributed by atoms with Crippen molar-refractivity contribution >= 4 is 39.9 Å². The number of halogens is 2. The van der Waals surface area contributed by atoms with Gasteiger partial charge in [0.25, 0.3) is 5.69 Å². The van der Waals surface area contributed by atoms with Crippen LogP contribution >= 0.6 is 22.6 Å². The van der Waals surface area contributed by atoms with Crippen LogP contribution in [0.1, 0.15) is 16.7 Å². The molecule has 0 fully saturated rings. The van der Waals surface area contributed by atoms with E-state index in [9.17, 15) is 19.8 Å². The number of allylic oxidation sites excluding steroid dienone is 1. The first-order valence-corrected chi connectivity index (χ1v) is 9.58. The molecule has 0 bridgehead atoms. The number of ether oxygens (including phenoxy) is 1. The monoisotopic (exact) mass is 500 g/mol. The number of rotatable bonds is 6. The Labute approximate surface area is 180 Å². The van der Waals surface area contributed by atoms with Crippen molar-refractivity contribution in [1.82, 2.24) is 0 Å². The Morgan fingerprint density at radius 1 is 1.17 bits per heavy atom. The van der Waals surface area contributed by atoms with Crippen molar-refractivity contribution in [1.29, 1.82) is 5.26 Å². The van der Waals surface area contributed by atoms with Gasteiger partial charge in [0.1, 0.15) is 18.2 Å². The fourth-order valence-corrected chi connectivity index (χ4v) is 3.31. The lowest BCUT2D eigenvalue weighted by Gasteiger charge is -2.09. The number of hydrogen-bond acceptors (Lipinski definition) is 4. The van der Waals surface area contributed by atoms with Crippen LogP contribution in [-0.2, 0) is 6.61 Å². The Bertz CT molecular complexity index is 1120. The third-order valence-electron chi connectivity index (χ3n) is 4.09. The molecule has 0 N–H and O–H groups in total. The molecule has 7 heteroatoms. The SMILES string of the molecule is N#CC(=Cc1ccc(OCc2ccc([N+](=O)[O-])cc2)c(I)c1)c1ccccc1F. The molecule has 0 spiro atoms. The zero-order chi connectivity index (χ0) is 20.8. The quantitative estimate of drug-likeness (QED) is 0.137. The van der Waals surface area contributed by atoms with Crippen molar-refractivity contribution in [2.75, 3.05) is 0 Å². The number of nitro benzene ring substituents is 1. The number of nitrogens with zero attached hydrogens (tertiary/aromatic N) is 2. The Kier molecular flexibility index (Phi) is 6.57. The van der Waals surface area contributed by atoms with Gasteiger partial charge in [0.2, 0.25) is 0 Å². The third-order valence-corrected chi connectivity index (χ3v) is 4.94. The van der Waals surface area contributed by atoms with Gasteiger partial charge in [-0.3, -0.25) is 10.1 Å². The molecule has 0 radical (unpaired) electrons. The van der Waals surface area contributed by atoms with E-state index in [4.69, 9.17) is 4.74 Å². The fourth-order valence-electron chi connectivity index (χ4n) is 2.62. The van der Waals surface area contributed by atoms with E-state index in [1.165, 1.54) is 18.2 Å². The average Bonchev–Trinajstić information content (AvgIpc) is 2.72. The summed E-state index contributed by atoms with van der Waals surface area (Å²) >= 11 is 2.12. The highest BCUT2D eigenvalue weighted by atomic mass is 127. The van der Waals surface area contributed by atoms with Crippen molar-refractivity contribution in [3.8, 4) is 11.8 Å². The van der Waals surface area contributed by atoms with E-state index in [0.29, 0.717) is 5.75 Å². The standard InChI is InChI=1S/C22H14FIN2O3/c23-20-4-2-1-3-19(20)17(13-25)11-16-7-10-22(21(24)12-16)29-14-15-5-8-18(9-6-15)26(27)28/h1-12H,14H2. The van der Waals surface area contributed by atoms with Gasteiger partial charge in [0, 0.05) is 17.7 Å². The van der Waals surface area contributed by atoms with Crippen molar-refractivity contribution in [3.05, 3.63) is 103 Å². The molecular formula is C22H14FIN2O3. The topological polar surface area (TPSA) is 76.2 Å². The molecule has 0 amide bonds. The van der Waals surface area contributed by atoms with Gasteiger partial charge in [-0.05, 0) is 70.1 Å². The first kappa shape index (κ1) is 20.5. The van der Waals surface area contributed by atoms with Crippen LogP contribution in [0.5, 0.6) is 5.75 Å². The van der Waals surface area contributed by atoms with Gasteiger partial charge < -0.3 is 4.74 Å². The summed E-state index contributed by atoms with van der Waals surface area (Å²) in [4.78, 5) is 10.3. The normalized spacial score (nSPS) is 11.0. The zero-order valence-electron chi connectivity index (χ0n) is 15.0. The Morgan fingerprint density at radius 2 is 1.90 bits per heavy atom. The molecule has 0 heterocycles. The minimum Gasteiger partial charge on any atom is -0.488 e. The second-order valence-electron chi connectivity index (χ2n) is 6.05. The van der Waals surface area contributed by atoms with Crippen molar-refractivity contribution < 1.29 is 14.1 Å². The van der Waals surface area contributed by atoms with Crippen molar-refractivity contribution in [2.24, 2.45) is 0 Å². The molecule has 3 rings (SSSR count).